The van der Waals surface area contributed by atoms with E-state index in [0.29, 0.717) is 53.9 Å². The number of primary amides is 1. The van der Waals surface area contributed by atoms with Crippen LogP contribution in [0.5, 0.6) is 0 Å². The third-order valence-electron chi connectivity index (χ3n) is 15.7. The van der Waals surface area contributed by atoms with E-state index in [4.69, 9.17) is 17.2 Å². The highest BCUT2D eigenvalue weighted by Gasteiger charge is 2.41. The molecule has 4 aromatic carbocycles. The first-order chi connectivity index (χ1) is 41.4. The summed E-state index contributed by atoms with van der Waals surface area (Å²) in [5.74, 6) is -6.31. The highest BCUT2D eigenvalue weighted by atomic mass is 16.3. The summed E-state index contributed by atoms with van der Waals surface area (Å²) in [6.07, 6.45) is 0.814. The van der Waals surface area contributed by atoms with Crippen molar-refractivity contribution in [1.82, 2.24) is 47.4 Å². The van der Waals surface area contributed by atoms with Gasteiger partial charge in [0.2, 0.25) is 53.2 Å². The maximum absolute atomic E-state index is 14.6. The van der Waals surface area contributed by atoms with Gasteiger partial charge >= 0.3 is 0 Å². The lowest BCUT2D eigenvalue weighted by Crippen LogP contribution is -2.60. The van der Waals surface area contributed by atoms with E-state index in [2.05, 4.69) is 42.5 Å². The number of rotatable bonds is 31. The van der Waals surface area contributed by atoms with Crippen molar-refractivity contribution in [2.45, 2.75) is 173 Å². The Bertz CT molecular complexity index is 2940. The Labute approximate surface area is 510 Å². The lowest BCUT2D eigenvalue weighted by Gasteiger charge is -2.32. The van der Waals surface area contributed by atoms with Crippen molar-refractivity contribution in [3.63, 3.8) is 0 Å². The first kappa shape index (κ1) is 67.8. The van der Waals surface area contributed by atoms with E-state index in [-0.39, 0.29) is 62.8 Å². The molecule has 2 heterocycles. The topological polar surface area (TPSA) is 351 Å². The van der Waals surface area contributed by atoms with Crippen LogP contribution in [-0.4, -0.2) is 137 Å². The van der Waals surface area contributed by atoms with Gasteiger partial charge in [-0.25, -0.2) is 0 Å². The molecule has 2 fully saturated rings. The number of anilines is 2. The molecule has 9 amide bonds. The monoisotopic (exact) mass is 1200 g/mol. The number of likely N-dealkylation sites (tertiary alicyclic amines) is 1. The van der Waals surface area contributed by atoms with Crippen LogP contribution in [0.15, 0.2) is 109 Å². The number of nitrogen functional groups attached to an aromatic ring is 2. The molecule has 0 radical (unpaired) electrons. The van der Waals surface area contributed by atoms with Gasteiger partial charge in [-0.3, -0.25) is 43.2 Å². The molecule has 0 bridgehead atoms. The SMILES string of the molecule is CC(C)C[C@H](NC(=O)C[C@H](O)[C@H](CC(C)C)NC(=O)[C@@H](NC(=O)[C@H](Cc1ccccc1)NC(=O)[C@@H]1CCCN1C(=O)[C@H](Cc1ccc(N)cc1)NC(=O)[C@@H]1CCCN1)C(C)C)C(=O)N[C@@H](Cc1ccccc1)C(=O)N[C@@H](Cc1ccc(N)cc1)C(N)=O. The Morgan fingerprint density at radius 3 is 1.53 bits per heavy atom. The summed E-state index contributed by atoms with van der Waals surface area (Å²) in [7, 11) is 0. The van der Waals surface area contributed by atoms with E-state index < -0.39 is 120 Å². The smallest absolute Gasteiger partial charge is 0.246 e. The van der Waals surface area contributed by atoms with Crippen molar-refractivity contribution in [2.75, 3.05) is 24.6 Å². The number of carbonyl (C=O) groups excluding carboxylic acids is 9. The summed E-state index contributed by atoms with van der Waals surface area (Å²) in [6.45, 7) is 11.8. The molecule has 2 aliphatic heterocycles. The maximum Gasteiger partial charge on any atom is 0.246 e. The van der Waals surface area contributed by atoms with Crippen LogP contribution < -0.4 is 59.7 Å². The predicted octanol–water partition coefficient (Wildman–Crippen LogP) is 2.24. The minimum Gasteiger partial charge on any atom is -0.399 e. The number of nitrogens with two attached hydrogens (primary N) is 3. The van der Waals surface area contributed by atoms with Gasteiger partial charge in [0, 0.05) is 43.6 Å². The molecule has 22 heteroatoms. The molecular weight excluding hydrogens is 1110 g/mol. The zero-order valence-electron chi connectivity index (χ0n) is 50.9. The van der Waals surface area contributed by atoms with Crippen LogP contribution >= 0.6 is 0 Å². The second-order valence-corrected chi connectivity index (χ2v) is 24.3. The Balaban J connectivity index is 1.13. The Morgan fingerprint density at radius 2 is 1.01 bits per heavy atom. The summed E-state index contributed by atoms with van der Waals surface area (Å²) in [5, 5.41) is 34.8. The van der Waals surface area contributed by atoms with E-state index in [1.165, 1.54) is 4.90 Å². The number of aliphatic hydroxyl groups is 1. The average molecular weight is 1200 g/mol. The number of amides is 9. The standard InChI is InChI=1S/C65H90N12O10/c1-38(2)31-48(55(78)37-56(79)70-50(32-39(3)4)60(82)73-51(34-41-15-9-7-10-16-41)61(83)72-49(58(68)80)33-43-21-25-45(66)26-22-43)71-64(86)57(40(5)6)76-62(84)52(35-42-17-11-8-12-18-42)74-63(85)54-20-14-30-77(54)65(87)53(36-44-23-27-46(67)28-24-44)75-59(81)47-19-13-29-69-47/h7-12,15-18,21-28,38-40,47-55,57,69,78H,13-14,19-20,29-37,66-67H2,1-6H3,(H2,68,80)(H,70,79)(H,71,86)(H,72,83)(H,73,82)(H,74,85)(H,75,81)(H,76,84)/t47-,48-,49-,50-,51-,52-,53-,54-,55-,57-/m0/s1. The van der Waals surface area contributed by atoms with Gasteiger partial charge in [0.1, 0.15) is 42.3 Å². The maximum atomic E-state index is 14.6. The van der Waals surface area contributed by atoms with Crippen molar-refractivity contribution < 1.29 is 48.3 Å². The number of hydrogen-bond acceptors (Lipinski definition) is 13. The van der Waals surface area contributed by atoms with Crippen LogP contribution in [0.1, 0.15) is 109 Å². The summed E-state index contributed by atoms with van der Waals surface area (Å²) < 4.78 is 0. The Hall–Kier alpha value is -8.37. The summed E-state index contributed by atoms with van der Waals surface area (Å²) in [4.78, 5) is 128. The molecule has 4 aromatic rings. The minimum atomic E-state index is -1.48. The fraction of sp³-hybridized carbons (Fsp3) is 0.492. The van der Waals surface area contributed by atoms with Crippen LogP contribution in [0, 0.1) is 17.8 Å². The fourth-order valence-corrected chi connectivity index (χ4v) is 11.0. The zero-order valence-corrected chi connectivity index (χ0v) is 50.9. The van der Waals surface area contributed by atoms with Gasteiger partial charge in [-0.05, 0) is 109 Å². The first-order valence-corrected chi connectivity index (χ1v) is 30.3. The molecule has 6 rings (SSSR count). The lowest BCUT2D eigenvalue weighted by atomic mass is 9.95. The highest BCUT2D eigenvalue weighted by molar-refractivity contribution is 5.97. The van der Waals surface area contributed by atoms with Gasteiger partial charge in [-0.15, -0.1) is 0 Å². The number of hydrogen-bond donors (Lipinski definition) is 12. The quantitative estimate of drug-likeness (QED) is 0.0322. The number of benzene rings is 4. The summed E-state index contributed by atoms with van der Waals surface area (Å²) in [6, 6.07) is 22.3. The van der Waals surface area contributed by atoms with Crippen molar-refractivity contribution >= 4 is 64.5 Å². The molecule has 2 saturated heterocycles. The van der Waals surface area contributed by atoms with Gasteiger partial charge in [-0.2, -0.15) is 0 Å². The molecule has 10 atom stereocenters. The van der Waals surface area contributed by atoms with Crippen molar-refractivity contribution in [2.24, 2.45) is 23.5 Å². The molecular formula is C65H90N12O10. The number of nitrogens with zero attached hydrogens (tertiary/aromatic N) is 1. The van der Waals surface area contributed by atoms with Crippen LogP contribution in [0.25, 0.3) is 0 Å². The summed E-state index contributed by atoms with van der Waals surface area (Å²) in [5.41, 5.74) is 21.5. The van der Waals surface area contributed by atoms with E-state index in [1.54, 1.807) is 117 Å². The Kier molecular flexibility index (Phi) is 25.7. The summed E-state index contributed by atoms with van der Waals surface area (Å²) >= 11 is 0. The van der Waals surface area contributed by atoms with Gasteiger partial charge < -0.3 is 69.7 Å². The van der Waals surface area contributed by atoms with Crippen molar-refractivity contribution in [1.29, 1.82) is 0 Å². The molecule has 0 aromatic heterocycles. The van der Waals surface area contributed by atoms with Crippen LogP contribution in [0.2, 0.25) is 0 Å². The largest absolute Gasteiger partial charge is 0.399 e. The number of carbonyl (C=O) groups is 9. The highest BCUT2D eigenvalue weighted by Crippen LogP contribution is 2.22. The van der Waals surface area contributed by atoms with E-state index in [0.717, 1.165) is 12.0 Å². The third-order valence-corrected chi connectivity index (χ3v) is 15.7. The van der Waals surface area contributed by atoms with Gasteiger partial charge in [0.05, 0.1) is 24.6 Å². The minimum absolute atomic E-state index is 0.0251. The molecule has 470 valence electrons. The second kappa shape index (κ2) is 32.9. The zero-order chi connectivity index (χ0) is 63.3. The molecule has 2 aliphatic rings. The van der Waals surface area contributed by atoms with Crippen molar-refractivity contribution in [3.05, 3.63) is 131 Å². The van der Waals surface area contributed by atoms with Crippen molar-refractivity contribution in [3.8, 4) is 0 Å². The Morgan fingerprint density at radius 1 is 0.529 bits per heavy atom. The first-order valence-electron chi connectivity index (χ1n) is 30.3. The average Bonchev–Trinajstić information content (AvgIpc) is 4.42. The van der Waals surface area contributed by atoms with Crippen LogP contribution in [0.4, 0.5) is 11.4 Å². The predicted molar refractivity (Wildman–Crippen MR) is 332 cm³/mol. The van der Waals surface area contributed by atoms with Gasteiger partial charge in [-0.1, -0.05) is 126 Å². The number of nitrogens with one attached hydrogen (secondary N) is 8. The van der Waals surface area contributed by atoms with Crippen LogP contribution in [0.3, 0.4) is 0 Å². The van der Waals surface area contributed by atoms with Crippen LogP contribution in [-0.2, 0) is 68.8 Å². The normalized spacial score (nSPS) is 17.6. The van der Waals surface area contributed by atoms with Gasteiger partial charge in [0.25, 0.3) is 0 Å². The second-order valence-electron chi connectivity index (χ2n) is 24.3. The molecule has 22 nitrogen and oxygen atoms in total. The van der Waals surface area contributed by atoms with Gasteiger partial charge in [0.15, 0.2) is 0 Å². The molecule has 0 aliphatic carbocycles. The molecule has 0 saturated carbocycles. The third kappa shape index (κ3) is 21.2. The van der Waals surface area contributed by atoms with E-state index >= 15 is 0 Å². The lowest BCUT2D eigenvalue weighted by molar-refractivity contribution is -0.142. The van der Waals surface area contributed by atoms with E-state index in [9.17, 15) is 48.3 Å². The molecule has 0 spiro atoms. The molecule has 0 unspecified atom stereocenters. The number of aliphatic hydroxyl groups excluding tert-OH is 1. The molecule has 87 heavy (non-hydrogen) atoms. The fourth-order valence-electron chi connectivity index (χ4n) is 11.0. The van der Waals surface area contributed by atoms with E-state index in [1.807, 2.05) is 33.8 Å². The molecule has 15 N–H and O–H groups in total.